The van der Waals surface area contributed by atoms with Gasteiger partial charge in [0.2, 0.25) is 0 Å². The second-order valence-electron chi connectivity index (χ2n) is 5.68. The Balaban J connectivity index is 1.78. The fraction of sp³-hybridized carbons (Fsp3) is 0.158. The van der Waals surface area contributed by atoms with Gasteiger partial charge in [-0.05, 0) is 24.3 Å². The second-order valence-corrected chi connectivity index (χ2v) is 5.68. The van der Waals surface area contributed by atoms with Crippen LogP contribution in [0.4, 0.5) is 4.39 Å². The molecule has 0 fully saturated rings. The van der Waals surface area contributed by atoms with E-state index < -0.39 is 0 Å². The lowest BCUT2D eigenvalue weighted by Gasteiger charge is -2.08. The molecule has 5 nitrogen and oxygen atoms in total. The summed E-state index contributed by atoms with van der Waals surface area (Å²) < 4.78 is 15.8. The van der Waals surface area contributed by atoms with Gasteiger partial charge in [0.05, 0.1) is 17.9 Å². The standard InChI is InChI=1S/C19H16FN5/c20-15-7-2-1-6-14(15)13-25-18(16-8-3-4-9-21-16)12-17(24-25)19-22-10-5-11-23-19/h1-4,6-10,12H,5,11,13H2. The number of nitrogens with zero attached hydrogens (tertiary/aromatic N) is 5. The van der Waals surface area contributed by atoms with Crippen molar-refractivity contribution < 1.29 is 4.39 Å². The Hall–Kier alpha value is -3.15. The fourth-order valence-corrected chi connectivity index (χ4v) is 2.72. The molecule has 0 unspecified atom stereocenters. The Morgan fingerprint density at radius 2 is 1.92 bits per heavy atom. The third kappa shape index (κ3) is 3.24. The third-order valence-electron chi connectivity index (χ3n) is 3.95. The largest absolute Gasteiger partial charge is 0.264 e. The van der Waals surface area contributed by atoms with Crippen LogP contribution in [-0.4, -0.2) is 33.4 Å². The minimum Gasteiger partial charge on any atom is -0.264 e. The topological polar surface area (TPSA) is 55.4 Å². The van der Waals surface area contributed by atoms with Gasteiger partial charge in [0, 0.05) is 30.9 Å². The summed E-state index contributed by atoms with van der Waals surface area (Å²) in [6, 6.07) is 14.3. The third-order valence-corrected chi connectivity index (χ3v) is 3.95. The Morgan fingerprint density at radius 3 is 2.68 bits per heavy atom. The number of amidine groups is 1. The molecule has 3 aromatic rings. The van der Waals surface area contributed by atoms with Crippen molar-refractivity contribution in [1.82, 2.24) is 14.8 Å². The van der Waals surface area contributed by atoms with Gasteiger partial charge in [-0.15, -0.1) is 0 Å². The predicted molar refractivity (Wildman–Crippen MR) is 95.5 cm³/mol. The summed E-state index contributed by atoms with van der Waals surface area (Å²) in [5.74, 6) is 0.357. The molecule has 1 aliphatic rings. The van der Waals surface area contributed by atoms with E-state index in [1.807, 2.05) is 36.5 Å². The first-order chi connectivity index (χ1) is 12.3. The molecule has 0 saturated carbocycles. The molecule has 0 spiro atoms. The van der Waals surface area contributed by atoms with Crippen molar-refractivity contribution in [2.24, 2.45) is 9.98 Å². The smallest absolute Gasteiger partial charge is 0.175 e. The Morgan fingerprint density at radius 1 is 1.04 bits per heavy atom. The van der Waals surface area contributed by atoms with E-state index in [2.05, 4.69) is 20.1 Å². The molecule has 3 heterocycles. The van der Waals surface area contributed by atoms with Crippen LogP contribution in [0.25, 0.3) is 11.4 Å². The summed E-state index contributed by atoms with van der Waals surface area (Å²) in [6.07, 6.45) is 4.41. The normalized spacial score (nSPS) is 13.7. The number of pyridine rings is 1. The number of halogens is 1. The van der Waals surface area contributed by atoms with Crippen LogP contribution in [0.3, 0.4) is 0 Å². The Kier molecular flexibility index (Phi) is 4.16. The molecule has 0 radical (unpaired) electrons. The molecule has 0 aliphatic carbocycles. The van der Waals surface area contributed by atoms with Crippen molar-refractivity contribution >= 4 is 12.1 Å². The highest BCUT2D eigenvalue weighted by Gasteiger charge is 2.16. The average molecular weight is 333 g/mol. The van der Waals surface area contributed by atoms with E-state index in [-0.39, 0.29) is 5.82 Å². The van der Waals surface area contributed by atoms with Crippen molar-refractivity contribution in [2.75, 3.05) is 6.54 Å². The number of aliphatic imine (C=N–C) groups is 2. The maximum atomic E-state index is 14.1. The molecule has 124 valence electrons. The van der Waals surface area contributed by atoms with Gasteiger partial charge in [-0.25, -0.2) is 9.38 Å². The first kappa shape index (κ1) is 15.4. The average Bonchev–Trinajstić information content (AvgIpc) is 3.09. The van der Waals surface area contributed by atoms with Gasteiger partial charge in [0.1, 0.15) is 11.5 Å². The molecule has 2 aromatic heterocycles. The van der Waals surface area contributed by atoms with E-state index in [9.17, 15) is 4.39 Å². The van der Waals surface area contributed by atoms with E-state index in [0.717, 1.165) is 17.8 Å². The minimum absolute atomic E-state index is 0.250. The molecular weight excluding hydrogens is 317 g/mol. The molecule has 0 N–H and O–H groups in total. The first-order valence-electron chi connectivity index (χ1n) is 8.11. The van der Waals surface area contributed by atoms with Gasteiger partial charge in [-0.1, -0.05) is 24.3 Å². The summed E-state index contributed by atoms with van der Waals surface area (Å²) in [6.45, 7) is 1.02. The number of benzene rings is 1. The zero-order chi connectivity index (χ0) is 17.1. The van der Waals surface area contributed by atoms with Crippen molar-refractivity contribution in [3.8, 4) is 11.4 Å². The quantitative estimate of drug-likeness (QED) is 0.735. The summed E-state index contributed by atoms with van der Waals surface area (Å²) in [4.78, 5) is 13.1. The molecule has 0 bridgehead atoms. The Bertz CT molecular complexity index is 943. The fourth-order valence-electron chi connectivity index (χ4n) is 2.72. The monoisotopic (exact) mass is 333 g/mol. The van der Waals surface area contributed by atoms with Crippen molar-refractivity contribution in [3.63, 3.8) is 0 Å². The number of hydrogen-bond donors (Lipinski definition) is 0. The molecule has 0 amide bonds. The van der Waals surface area contributed by atoms with Gasteiger partial charge >= 0.3 is 0 Å². The van der Waals surface area contributed by atoms with Crippen LogP contribution < -0.4 is 0 Å². The van der Waals surface area contributed by atoms with Gasteiger partial charge in [-0.3, -0.25) is 14.7 Å². The first-order valence-corrected chi connectivity index (χ1v) is 8.11. The number of rotatable bonds is 4. The van der Waals surface area contributed by atoms with Crippen LogP contribution in [0.15, 0.2) is 64.7 Å². The Labute approximate surface area is 144 Å². The second kappa shape index (κ2) is 6.76. The highest BCUT2D eigenvalue weighted by Crippen LogP contribution is 2.21. The van der Waals surface area contributed by atoms with Crippen LogP contribution in [-0.2, 0) is 6.54 Å². The molecule has 4 rings (SSSR count). The SMILES string of the molecule is Fc1ccccc1Cn1nc(C2=NCCC=N2)cc1-c1ccccn1. The predicted octanol–water partition coefficient (Wildman–Crippen LogP) is 3.35. The zero-order valence-corrected chi connectivity index (χ0v) is 13.5. The molecule has 25 heavy (non-hydrogen) atoms. The van der Waals surface area contributed by atoms with Crippen molar-refractivity contribution in [2.45, 2.75) is 13.0 Å². The van der Waals surface area contributed by atoms with Crippen molar-refractivity contribution in [3.05, 3.63) is 71.8 Å². The van der Waals surface area contributed by atoms with Gasteiger partial charge in [0.15, 0.2) is 5.84 Å². The summed E-state index contributed by atoms with van der Waals surface area (Å²) in [5, 5.41) is 4.61. The van der Waals surface area contributed by atoms with Crippen LogP contribution in [0, 0.1) is 5.82 Å². The molecule has 6 heteroatoms. The van der Waals surface area contributed by atoms with Crippen LogP contribution >= 0.6 is 0 Å². The highest BCUT2D eigenvalue weighted by atomic mass is 19.1. The molecular formula is C19H16FN5. The number of hydrogen-bond acceptors (Lipinski definition) is 4. The number of aromatic nitrogens is 3. The minimum atomic E-state index is -0.250. The summed E-state index contributed by atoms with van der Waals surface area (Å²) in [7, 11) is 0. The lowest BCUT2D eigenvalue weighted by atomic mass is 10.2. The van der Waals surface area contributed by atoms with Crippen molar-refractivity contribution in [1.29, 1.82) is 0 Å². The lowest BCUT2D eigenvalue weighted by Crippen LogP contribution is -2.09. The lowest BCUT2D eigenvalue weighted by molar-refractivity contribution is 0.586. The summed E-state index contributed by atoms with van der Waals surface area (Å²) >= 11 is 0. The van der Waals surface area contributed by atoms with Crippen LogP contribution in [0.5, 0.6) is 0 Å². The maximum Gasteiger partial charge on any atom is 0.175 e. The molecule has 0 atom stereocenters. The van der Waals surface area contributed by atoms with E-state index in [1.54, 1.807) is 23.0 Å². The highest BCUT2D eigenvalue weighted by molar-refractivity contribution is 6.03. The van der Waals surface area contributed by atoms with Gasteiger partial charge in [-0.2, -0.15) is 5.10 Å². The van der Waals surface area contributed by atoms with Crippen LogP contribution in [0.1, 0.15) is 17.7 Å². The zero-order valence-electron chi connectivity index (χ0n) is 13.5. The van der Waals surface area contributed by atoms with E-state index in [0.29, 0.717) is 30.2 Å². The summed E-state index contributed by atoms with van der Waals surface area (Å²) in [5.41, 5.74) is 2.83. The molecule has 1 aliphatic heterocycles. The van der Waals surface area contributed by atoms with Gasteiger partial charge in [0.25, 0.3) is 0 Å². The van der Waals surface area contributed by atoms with Gasteiger partial charge < -0.3 is 0 Å². The van der Waals surface area contributed by atoms with Crippen LogP contribution in [0.2, 0.25) is 0 Å². The molecule has 1 aromatic carbocycles. The van der Waals surface area contributed by atoms with E-state index in [4.69, 9.17) is 0 Å². The van der Waals surface area contributed by atoms with E-state index >= 15 is 0 Å². The molecule has 0 saturated heterocycles. The van der Waals surface area contributed by atoms with E-state index in [1.165, 1.54) is 6.07 Å². The maximum absolute atomic E-state index is 14.1.